The second-order valence-corrected chi connectivity index (χ2v) is 5.33. The highest BCUT2D eigenvalue weighted by Crippen LogP contribution is 2.26. The number of halogens is 1. The minimum Gasteiger partial charge on any atom is -0.506 e. The minimum absolute atomic E-state index is 0.0535. The molecule has 0 bridgehead atoms. The first kappa shape index (κ1) is 15.1. The van der Waals surface area contributed by atoms with Crippen LogP contribution in [0, 0.1) is 6.92 Å². The number of carboxylic acids is 1. The fourth-order valence-electron chi connectivity index (χ4n) is 1.77. The van der Waals surface area contributed by atoms with Crippen molar-refractivity contribution in [2.75, 3.05) is 5.32 Å². The fourth-order valence-corrected chi connectivity index (χ4v) is 2.20. The second kappa shape index (κ2) is 5.97. The van der Waals surface area contributed by atoms with E-state index in [1.165, 1.54) is 12.1 Å². The molecule has 3 N–H and O–H groups in total. The Kier molecular flexibility index (Phi) is 4.28. The summed E-state index contributed by atoms with van der Waals surface area (Å²) in [6, 6.07) is 9.08. The summed E-state index contributed by atoms with van der Waals surface area (Å²) in [6.07, 6.45) is 0. The number of phenols is 1. The predicted octanol–water partition coefficient (Wildman–Crippen LogP) is 3.41. The van der Waals surface area contributed by atoms with Crippen LogP contribution in [0.25, 0.3) is 0 Å². The number of nitrogens with one attached hydrogen (secondary N) is 1. The van der Waals surface area contributed by atoms with Crippen LogP contribution >= 0.6 is 15.9 Å². The molecule has 0 radical (unpaired) electrons. The van der Waals surface area contributed by atoms with Crippen LogP contribution in [0.5, 0.6) is 5.75 Å². The van der Waals surface area contributed by atoms with Crippen molar-refractivity contribution in [2.45, 2.75) is 6.92 Å². The van der Waals surface area contributed by atoms with Gasteiger partial charge in [-0.3, -0.25) is 4.79 Å². The van der Waals surface area contributed by atoms with E-state index in [2.05, 4.69) is 21.2 Å². The Balaban J connectivity index is 2.27. The minimum atomic E-state index is -1.15. The molecule has 0 aromatic heterocycles. The summed E-state index contributed by atoms with van der Waals surface area (Å²) in [4.78, 5) is 23.0. The number of hydrogen-bond acceptors (Lipinski definition) is 3. The van der Waals surface area contributed by atoms with Gasteiger partial charge in [0.05, 0.1) is 16.8 Å². The van der Waals surface area contributed by atoms with Crippen molar-refractivity contribution in [3.63, 3.8) is 0 Å². The SMILES string of the molecule is Cc1ccc(Br)c(C(=O)Nc2ccc(C(=O)O)cc2O)c1. The smallest absolute Gasteiger partial charge is 0.335 e. The lowest BCUT2D eigenvalue weighted by Crippen LogP contribution is -2.13. The molecule has 0 aliphatic rings. The molecule has 0 heterocycles. The summed E-state index contributed by atoms with van der Waals surface area (Å²) in [5, 5.41) is 21.1. The van der Waals surface area contributed by atoms with E-state index in [-0.39, 0.29) is 17.0 Å². The van der Waals surface area contributed by atoms with E-state index < -0.39 is 11.9 Å². The van der Waals surface area contributed by atoms with E-state index in [9.17, 15) is 14.7 Å². The van der Waals surface area contributed by atoms with Gasteiger partial charge in [0.1, 0.15) is 5.75 Å². The van der Waals surface area contributed by atoms with Crippen molar-refractivity contribution in [3.8, 4) is 5.75 Å². The van der Waals surface area contributed by atoms with Crippen molar-refractivity contribution in [1.29, 1.82) is 0 Å². The summed E-state index contributed by atoms with van der Waals surface area (Å²) in [7, 11) is 0. The zero-order chi connectivity index (χ0) is 15.6. The van der Waals surface area contributed by atoms with Crippen LogP contribution in [-0.2, 0) is 0 Å². The number of rotatable bonds is 3. The molecule has 21 heavy (non-hydrogen) atoms. The van der Waals surface area contributed by atoms with Crippen LogP contribution in [-0.4, -0.2) is 22.1 Å². The third kappa shape index (κ3) is 3.41. The molecule has 0 unspecified atom stereocenters. The fraction of sp³-hybridized carbons (Fsp3) is 0.0667. The lowest BCUT2D eigenvalue weighted by molar-refractivity contribution is 0.0696. The predicted molar refractivity (Wildman–Crippen MR) is 81.9 cm³/mol. The number of carbonyl (C=O) groups excluding carboxylic acids is 1. The van der Waals surface area contributed by atoms with Gasteiger partial charge >= 0.3 is 5.97 Å². The number of carbonyl (C=O) groups is 2. The Hall–Kier alpha value is -2.34. The van der Waals surface area contributed by atoms with Crippen LogP contribution in [0.1, 0.15) is 26.3 Å². The van der Waals surface area contributed by atoms with E-state index in [1.807, 2.05) is 13.0 Å². The molecule has 0 aliphatic heterocycles. The van der Waals surface area contributed by atoms with Gasteiger partial charge in [-0.15, -0.1) is 0 Å². The summed E-state index contributed by atoms with van der Waals surface area (Å²) in [5.74, 6) is -1.85. The first-order valence-corrected chi connectivity index (χ1v) is 6.81. The van der Waals surface area contributed by atoms with Crippen molar-refractivity contribution >= 4 is 33.5 Å². The molecule has 1 amide bonds. The number of aromatic hydroxyl groups is 1. The number of aryl methyl sites for hydroxylation is 1. The number of phenolic OH excluding ortho intramolecular Hbond substituents is 1. The van der Waals surface area contributed by atoms with Crippen LogP contribution in [0.4, 0.5) is 5.69 Å². The van der Waals surface area contributed by atoms with Crippen molar-refractivity contribution in [2.24, 2.45) is 0 Å². The quantitative estimate of drug-likeness (QED) is 0.741. The highest BCUT2D eigenvalue weighted by molar-refractivity contribution is 9.10. The van der Waals surface area contributed by atoms with Crippen LogP contribution < -0.4 is 5.32 Å². The van der Waals surface area contributed by atoms with E-state index in [4.69, 9.17) is 5.11 Å². The van der Waals surface area contributed by atoms with Crippen molar-refractivity contribution < 1.29 is 19.8 Å². The summed E-state index contributed by atoms with van der Waals surface area (Å²) in [6.45, 7) is 1.86. The lowest BCUT2D eigenvalue weighted by Gasteiger charge is -2.09. The molecule has 2 aromatic rings. The van der Waals surface area contributed by atoms with Gasteiger partial charge in [-0.1, -0.05) is 11.6 Å². The summed E-state index contributed by atoms with van der Waals surface area (Å²) in [5.41, 5.74) is 1.45. The van der Waals surface area contributed by atoms with Gasteiger partial charge in [0.2, 0.25) is 0 Å². The van der Waals surface area contributed by atoms with Gasteiger partial charge in [0.25, 0.3) is 5.91 Å². The van der Waals surface area contributed by atoms with E-state index in [0.29, 0.717) is 10.0 Å². The maximum absolute atomic E-state index is 12.2. The van der Waals surface area contributed by atoms with Crippen LogP contribution in [0.2, 0.25) is 0 Å². The second-order valence-electron chi connectivity index (χ2n) is 4.47. The monoisotopic (exact) mass is 349 g/mol. The normalized spacial score (nSPS) is 10.2. The number of carboxylic acid groups (broad SMARTS) is 1. The highest BCUT2D eigenvalue weighted by atomic mass is 79.9. The Bertz CT molecular complexity index is 728. The van der Waals surface area contributed by atoms with Crippen molar-refractivity contribution in [3.05, 3.63) is 57.6 Å². The molecule has 0 spiro atoms. The maximum Gasteiger partial charge on any atom is 0.335 e. The van der Waals surface area contributed by atoms with Gasteiger partial charge in [0, 0.05) is 4.47 Å². The number of anilines is 1. The van der Waals surface area contributed by atoms with Gasteiger partial charge < -0.3 is 15.5 Å². The zero-order valence-electron chi connectivity index (χ0n) is 11.1. The molecular formula is C15H12BrNO4. The van der Waals surface area contributed by atoms with E-state index in [1.54, 1.807) is 12.1 Å². The Morgan fingerprint density at radius 2 is 1.86 bits per heavy atom. The number of benzene rings is 2. The molecule has 0 fully saturated rings. The Morgan fingerprint density at radius 3 is 2.48 bits per heavy atom. The molecular weight excluding hydrogens is 338 g/mol. The molecule has 2 aromatic carbocycles. The first-order chi connectivity index (χ1) is 9.88. The number of amides is 1. The van der Waals surface area contributed by atoms with E-state index >= 15 is 0 Å². The highest BCUT2D eigenvalue weighted by Gasteiger charge is 2.14. The lowest BCUT2D eigenvalue weighted by atomic mass is 10.1. The van der Waals surface area contributed by atoms with Gasteiger partial charge in [-0.2, -0.15) is 0 Å². The zero-order valence-corrected chi connectivity index (χ0v) is 12.6. The third-order valence-electron chi connectivity index (χ3n) is 2.86. The average Bonchev–Trinajstić information content (AvgIpc) is 2.43. The molecule has 0 atom stereocenters. The summed E-state index contributed by atoms with van der Waals surface area (Å²) < 4.78 is 0.632. The molecule has 2 rings (SSSR count). The van der Waals surface area contributed by atoms with Crippen LogP contribution in [0.15, 0.2) is 40.9 Å². The third-order valence-corrected chi connectivity index (χ3v) is 3.55. The number of aromatic carboxylic acids is 1. The molecule has 108 valence electrons. The van der Waals surface area contributed by atoms with E-state index in [0.717, 1.165) is 11.6 Å². The molecule has 5 nitrogen and oxygen atoms in total. The van der Waals surface area contributed by atoms with Gasteiger partial charge in [-0.25, -0.2) is 4.79 Å². The Morgan fingerprint density at radius 1 is 1.14 bits per heavy atom. The molecule has 6 heteroatoms. The topological polar surface area (TPSA) is 86.6 Å². The maximum atomic E-state index is 12.2. The molecule has 0 aliphatic carbocycles. The first-order valence-electron chi connectivity index (χ1n) is 6.02. The largest absolute Gasteiger partial charge is 0.506 e. The average molecular weight is 350 g/mol. The van der Waals surface area contributed by atoms with Gasteiger partial charge in [-0.05, 0) is 53.2 Å². The summed E-state index contributed by atoms with van der Waals surface area (Å²) >= 11 is 3.29. The van der Waals surface area contributed by atoms with Crippen LogP contribution in [0.3, 0.4) is 0 Å². The molecule has 0 saturated heterocycles. The molecule has 0 saturated carbocycles. The number of hydrogen-bond donors (Lipinski definition) is 3. The standard InChI is InChI=1S/C15H12BrNO4/c1-8-2-4-11(16)10(6-8)14(19)17-12-5-3-9(15(20)21)7-13(12)18/h2-7,18H,1H3,(H,17,19)(H,20,21). The van der Waals surface area contributed by atoms with Crippen molar-refractivity contribution in [1.82, 2.24) is 0 Å². The Labute approximate surface area is 129 Å². The van der Waals surface area contributed by atoms with Gasteiger partial charge in [0.15, 0.2) is 0 Å².